The van der Waals surface area contributed by atoms with E-state index in [4.69, 9.17) is 4.74 Å². The Balaban J connectivity index is 1.88. The molecule has 0 aliphatic carbocycles. The highest BCUT2D eigenvalue weighted by molar-refractivity contribution is 6.01. The van der Waals surface area contributed by atoms with E-state index in [1.54, 1.807) is 19.1 Å². The number of methoxy groups -OCH3 is 1. The van der Waals surface area contributed by atoms with Crippen molar-refractivity contribution in [2.45, 2.75) is 38.6 Å². The fourth-order valence-electron chi connectivity index (χ4n) is 4.73. The fraction of sp³-hybridized carbons (Fsp3) is 0.462. The van der Waals surface area contributed by atoms with Crippen LogP contribution in [0.5, 0.6) is 5.75 Å². The van der Waals surface area contributed by atoms with Crippen molar-refractivity contribution in [2.24, 2.45) is 0 Å². The average Bonchev–Trinajstić information content (AvgIpc) is 2.81. The largest absolute Gasteiger partial charge is 0.497 e. The molecule has 0 bridgehead atoms. The number of nitrogens with zero attached hydrogens (tertiary/aromatic N) is 1. The maximum absolute atomic E-state index is 13.5. The zero-order chi connectivity index (χ0) is 23.1. The van der Waals surface area contributed by atoms with E-state index in [-0.39, 0.29) is 17.9 Å². The van der Waals surface area contributed by atoms with Crippen LogP contribution in [0.15, 0.2) is 48.5 Å². The summed E-state index contributed by atoms with van der Waals surface area (Å²) in [6.07, 6.45) is 2.26. The predicted molar refractivity (Wildman–Crippen MR) is 126 cm³/mol. The third-order valence-electron chi connectivity index (χ3n) is 6.30. The van der Waals surface area contributed by atoms with Crippen LogP contribution in [0.25, 0.3) is 0 Å². The normalized spacial score (nSPS) is 17.9. The first-order valence-corrected chi connectivity index (χ1v) is 11.6. The summed E-state index contributed by atoms with van der Waals surface area (Å²) in [7, 11) is 3.40. The van der Waals surface area contributed by atoms with Gasteiger partial charge in [0.25, 0.3) is 5.91 Å². The van der Waals surface area contributed by atoms with E-state index in [1.807, 2.05) is 48.5 Å². The van der Waals surface area contributed by atoms with E-state index >= 15 is 0 Å². The van der Waals surface area contributed by atoms with Crippen LogP contribution in [-0.4, -0.2) is 57.1 Å². The molecule has 172 valence electrons. The Bertz CT molecular complexity index is 907. The molecule has 0 fully saturated rings. The number of fused-ring (bicyclic) bond motifs is 1. The van der Waals surface area contributed by atoms with Gasteiger partial charge in [-0.2, -0.15) is 0 Å². The first-order valence-electron chi connectivity index (χ1n) is 11.6. The molecule has 2 amide bonds. The lowest BCUT2D eigenvalue weighted by Crippen LogP contribution is -3.12. The molecule has 0 radical (unpaired) electrons. The molecule has 3 rings (SSSR count). The van der Waals surface area contributed by atoms with Gasteiger partial charge >= 0.3 is 0 Å². The number of hydrogen-bond acceptors (Lipinski definition) is 3. The van der Waals surface area contributed by atoms with Crippen molar-refractivity contribution >= 4 is 11.8 Å². The summed E-state index contributed by atoms with van der Waals surface area (Å²) in [6, 6.07) is 14.7. The van der Waals surface area contributed by atoms with Gasteiger partial charge in [-0.1, -0.05) is 44.2 Å². The molecule has 1 aliphatic heterocycles. The van der Waals surface area contributed by atoms with Crippen molar-refractivity contribution in [1.82, 2.24) is 10.2 Å². The second kappa shape index (κ2) is 11.1. The summed E-state index contributed by atoms with van der Waals surface area (Å²) in [5.74, 6) is 0.176. The Morgan fingerprint density at radius 2 is 1.69 bits per heavy atom. The highest BCUT2D eigenvalue weighted by Crippen LogP contribution is 2.42. The quantitative estimate of drug-likeness (QED) is 0.599. The summed E-state index contributed by atoms with van der Waals surface area (Å²) in [5.41, 5.74) is 2.31. The molecule has 1 heterocycles. The summed E-state index contributed by atoms with van der Waals surface area (Å²) < 4.78 is 5.29. The molecular weight excluding hydrogens is 402 g/mol. The number of carbonyl (C=O) groups excluding carboxylic acids is 2. The van der Waals surface area contributed by atoms with Gasteiger partial charge in [-0.15, -0.1) is 0 Å². The average molecular weight is 439 g/mol. The van der Waals surface area contributed by atoms with Crippen LogP contribution in [0, 0.1) is 0 Å². The third kappa shape index (κ3) is 5.13. The minimum Gasteiger partial charge on any atom is -0.497 e. The van der Waals surface area contributed by atoms with Crippen LogP contribution in [0.1, 0.15) is 60.1 Å². The van der Waals surface area contributed by atoms with Crippen LogP contribution < -0.4 is 15.0 Å². The lowest BCUT2D eigenvalue weighted by Gasteiger charge is -2.39. The summed E-state index contributed by atoms with van der Waals surface area (Å²) in [6.45, 7) is 8.14. The number of rotatable bonds is 10. The number of nitrogens with one attached hydrogen (secondary N) is 2. The number of quaternary nitrogens is 1. The molecule has 2 unspecified atom stereocenters. The van der Waals surface area contributed by atoms with Gasteiger partial charge in [-0.05, 0) is 42.2 Å². The number of likely N-dealkylation sites (N-methyl/N-ethyl adjacent to an activating group) is 1. The van der Waals surface area contributed by atoms with Crippen molar-refractivity contribution < 1.29 is 19.2 Å². The van der Waals surface area contributed by atoms with E-state index in [1.165, 1.54) is 4.90 Å². The molecule has 0 spiro atoms. The summed E-state index contributed by atoms with van der Waals surface area (Å²) in [5, 5.41) is 3.18. The number of amides is 2. The van der Waals surface area contributed by atoms with E-state index in [9.17, 15) is 9.59 Å². The van der Waals surface area contributed by atoms with Crippen LogP contribution in [0.2, 0.25) is 0 Å². The van der Waals surface area contributed by atoms with Gasteiger partial charge in [0.15, 0.2) is 0 Å². The molecule has 2 aromatic carbocycles. The maximum Gasteiger partial charge on any atom is 0.254 e. The first-order chi connectivity index (χ1) is 15.5. The Hall–Kier alpha value is -2.86. The smallest absolute Gasteiger partial charge is 0.254 e. The zero-order valence-electron chi connectivity index (χ0n) is 19.7. The van der Waals surface area contributed by atoms with Gasteiger partial charge in [-0.25, -0.2) is 0 Å². The molecule has 6 heteroatoms. The fourth-order valence-corrected chi connectivity index (χ4v) is 4.73. The number of hydrogen-bond donors (Lipinski definition) is 2. The van der Waals surface area contributed by atoms with E-state index in [0.717, 1.165) is 49.4 Å². The zero-order valence-corrected chi connectivity index (χ0v) is 19.7. The van der Waals surface area contributed by atoms with Crippen molar-refractivity contribution in [3.05, 3.63) is 65.2 Å². The van der Waals surface area contributed by atoms with Gasteiger partial charge in [0, 0.05) is 12.6 Å². The Morgan fingerprint density at radius 1 is 1.03 bits per heavy atom. The van der Waals surface area contributed by atoms with Crippen LogP contribution in [0.3, 0.4) is 0 Å². The maximum atomic E-state index is 13.5. The Morgan fingerprint density at radius 3 is 2.31 bits per heavy atom. The number of benzene rings is 2. The molecule has 0 saturated heterocycles. The monoisotopic (exact) mass is 438 g/mol. The van der Waals surface area contributed by atoms with Gasteiger partial charge in [-0.3, -0.25) is 9.59 Å². The van der Waals surface area contributed by atoms with E-state index in [0.29, 0.717) is 12.1 Å². The summed E-state index contributed by atoms with van der Waals surface area (Å²) in [4.78, 5) is 29.8. The SMILES string of the molecule is CCC[NH+](CCC)CCNC(=O)C1c2ccccc2C(=O)N(C)C1c1ccc(OC)cc1. The van der Waals surface area contributed by atoms with Gasteiger partial charge in [0.2, 0.25) is 5.91 Å². The van der Waals surface area contributed by atoms with Crippen molar-refractivity contribution in [3.63, 3.8) is 0 Å². The third-order valence-corrected chi connectivity index (χ3v) is 6.30. The topological polar surface area (TPSA) is 63.1 Å². The molecule has 32 heavy (non-hydrogen) atoms. The molecule has 2 N–H and O–H groups in total. The molecule has 2 aromatic rings. The van der Waals surface area contributed by atoms with E-state index in [2.05, 4.69) is 19.2 Å². The van der Waals surface area contributed by atoms with Gasteiger partial charge in [0.1, 0.15) is 5.75 Å². The highest BCUT2D eigenvalue weighted by atomic mass is 16.5. The van der Waals surface area contributed by atoms with Crippen molar-refractivity contribution in [2.75, 3.05) is 40.3 Å². The van der Waals surface area contributed by atoms with Gasteiger partial charge in [0.05, 0.1) is 45.2 Å². The molecule has 6 nitrogen and oxygen atoms in total. The molecule has 0 aromatic heterocycles. The minimum absolute atomic E-state index is 0.0371. The van der Waals surface area contributed by atoms with E-state index < -0.39 is 5.92 Å². The van der Waals surface area contributed by atoms with Crippen LogP contribution in [0.4, 0.5) is 0 Å². The molecule has 0 saturated carbocycles. The predicted octanol–water partition coefficient (Wildman–Crippen LogP) is 2.43. The van der Waals surface area contributed by atoms with Crippen molar-refractivity contribution in [3.8, 4) is 5.75 Å². The Kier molecular flexibility index (Phi) is 8.28. The molecule has 1 aliphatic rings. The minimum atomic E-state index is -0.469. The lowest BCUT2D eigenvalue weighted by atomic mass is 9.79. The second-order valence-electron chi connectivity index (χ2n) is 8.49. The number of ether oxygens (including phenoxy) is 1. The lowest BCUT2D eigenvalue weighted by molar-refractivity contribution is -0.898. The second-order valence-corrected chi connectivity index (χ2v) is 8.49. The number of carbonyl (C=O) groups is 2. The van der Waals surface area contributed by atoms with Gasteiger partial charge < -0.3 is 19.9 Å². The standard InChI is InChI=1S/C26H35N3O3/c1-5-16-29(17-6-2)18-15-27-25(30)23-21-9-7-8-10-22(21)26(31)28(3)24(23)19-11-13-20(32-4)14-12-19/h7-14,23-24H,5-6,15-18H2,1-4H3,(H,27,30)/p+1. The first kappa shape index (κ1) is 23.8. The molecular formula is C26H36N3O3+. The highest BCUT2D eigenvalue weighted by Gasteiger charge is 2.42. The van der Waals surface area contributed by atoms with Crippen LogP contribution in [-0.2, 0) is 4.79 Å². The summed E-state index contributed by atoms with van der Waals surface area (Å²) >= 11 is 0. The van der Waals surface area contributed by atoms with Crippen molar-refractivity contribution in [1.29, 1.82) is 0 Å². The molecule has 2 atom stereocenters. The Labute approximate surface area is 191 Å². The van der Waals surface area contributed by atoms with Crippen LogP contribution >= 0.6 is 0 Å².